The second-order valence-electron chi connectivity index (χ2n) is 23.4. The molecule has 5 aromatic heterocycles. The van der Waals surface area contributed by atoms with Crippen molar-refractivity contribution in [2.24, 2.45) is 0 Å². The highest BCUT2D eigenvalue weighted by atomic mass is 128. The first-order valence-corrected chi connectivity index (χ1v) is 37.9. The molecule has 10 rings (SSSR count). The van der Waals surface area contributed by atoms with Crippen LogP contribution in [-0.2, 0) is 47.5 Å². The Labute approximate surface area is 611 Å². The summed E-state index contributed by atoms with van der Waals surface area (Å²) in [6, 6.07) is 38.5. The number of hydrogen-bond donors (Lipinski definition) is 4. The molecule has 4 N–H and O–H groups in total. The van der Waals surface area contributed by atoms with Crippen LogP contribution in [0.4, 0.5) is 19.2 Å². The molecule has 97 heavy (non-hydrogen) atoms. The van der Waals surface area contributed by atoms with E-state index in [1.54, 1.807) is 82.2 Å². The van der Waals surface area contributed by atoms with Crippen molar-refractivity contribution < 1.29 is 71.8 Å². The molecule has 0 aliphatic heterocycles. The summed E-state index contributed by atoms with van der Waals surface area (Å²) in [6.45, 7) is 28.3. The molecule has 29 heteroatoms. The number of esters is 2. The molecule has 0 fully saturated rings. The maximum atomic E-state index is 12.3. The molecule has 0 aliphatic carbocycles. The van der Waals surface area contributed by atoms with E-state index in [1.807, 2.05) is 136 Å². The average Bonchev–Trinajstić information content (AvgIpc) is 1.66. The number of nitrogens with one attached hydrogen (secondary N) is 3. The van der Waals surface area contributed by atoms with Crippen LogP contribution >= 0.6 is 82.4 Å². The molecule has 0 spiro atoms. The monoisotopic (exact) mass is 1780 g/mol. The molecular weight excluding hydrogens is 1700 g/mol. The summed E-state index contributed by atoms with van der Waals surface area (Å²) >= 11 is 8.59. The molecule has 25 nitrogen and oxygen atoms in total. The molecule has 0 aliphatic rings. The van der Waals surface area contributed by atoms with Gasteiger partial charge in [-0.2, -0.15) is 34.9 Å². The van der Waals surface area contributed by atoms with Gasteiger partial charge in [-0.3, -0.25) is 15.3 Å². The third-order valence-electron chi connectivity index (χ3n) is 11.0. The van der Waals surface area contributed by atoms with Crippen molar-refractivity contribution in [3.05, 3.63) is 171 Å². The van der Waals surface area contributed by atoms with E-state index < -0.39 is 58.8 Å². The van der Waals surface area contributed by atoms with Crippen LogP contribution in [0.5, 0.6) is 0 Å². The maximum Gasteiger partial charge on any atom is 0.519 e. The van der Waals surface area contributed by atoms with Crippen molar-refractivity contribution >= 4 is 191 Å². The minimum absolute atomic E-state index is 0.302. The SMILES string of the molecule is C=CC(=O)OCC.CC(C)(C)OC(=O)OC(=O)OC(C)(C)C.CC(C)(C)OC(=O)n1nc(I)c2ccccc21.CCOC(=O)/C=C/c1nn(C(=O)OC(C)(C)C)c2ccccc12.II.Ic1[nH]nc2ccccc12.O=C(O)/C=C/c1n[nH]c2ccccc12.c1ccc2[nH]ncc2c1. The minimum atomic E-state index is -1.06. The summed E-state index contributed by atoms with van der Waals surface area (Å²) < 4.78 is 38.1. The highest BCUT2D eigenvalue weighted by Gasteiger charge is 2.26. The van der Waals surface area contributed by atoms with E-state index in [0.717, 1.165) is 63.2 Å². The molecule has 5 heterocycles. The predicted molar refractivity (Wildman–Crippen MR) is 407 cm³/mol. The lowest BCUT2D eigenvalue weighted by atomic mass is 10.2. The van der Waals surface area contributed by atoms with Crippen molar-refractivity contribution in [3.8, 4) is 0 Å². The number of aliphatic carboxylic acids is 1. The topological polar surface area (TPSA) is 326 Å². The highest BCUT2D eigenvalue weighted by Crippen LogP contribution is 2.24. The van der Waals surface area contributed by atoms with Gasteiger partial charge >= 0.3 is 42.4 Å². The number of para-hydroxylation sites is 5. The molecule has 0 amide bonds. The Bertz CT molecular complexity index is 4220. The summed E-state index contributed by atoms with van der Waals surface area (Å²) in [5, 5.41) is 42.5. The molecule has 0 unspecified atom stereocenters. The lowest BCUT2D eigenvalue weighted by Gasteiger charge is -2.20. The first-order valence-electron chi connectivity index (χ1n) is 29.4. The number of aromatic amines is 3. The summed E-state index contributed by atoms with van der Waals surface area (Å²) in [6.07, 6.45) is 5.19. The second-order valence-corrected chi connectivity index (χ2v) is 25.5. The van der Waals surface area contributed by atoms with Crippen molar-refractivity contribution in [2.75, 3.05) is 13.2 Å². The van der Waals surface area contributed by atoms with E-state index in [1.165, 1.54) is 33.0 Å². The number of carboxylic acids is 1. The lowest BCUT2D eigenvalue weighted by molar-refractivity contribution is -0.138. The van der Waals surface area contributed by atoms with Crippen LogP contribution in [0.3, 0.4) is 0 Å². The summed E-state index contributed by atoms with van der Waals surface area (Å²) in [5.41, 5.74) is 3.03. The fourth-order valence-corrected chi connectivity index (χ4v) is 8.60. The van der Waals surface area contributed by atoms with Crippen LogP contribution in [0.1, 0.15) is 108 Å². The Kier molecular flexibility index (Phi) is 34.5. The van der Waals surface area contributed by atoms with Crippen molar-refractivity contribution in [2.45, 2.75) is 119 Å². The quantitative estimate of drug-likeness (QED) is 0.0379. The number of ether oxygens (including phenoxy) is 7. The lowest BCUT2D eigenvalue weighted by Crippen LogP contribution is -2.29. The number of carbonyl (C=O) groups excluding carboxylic acids is 6. The number of H-pyrrole nitrogens is 3. The number of nitrogens with zero attached hydrogens (tertiary/aromatic N) is 7. The molecule has 0 atom stereocenters. The first kappa shape index (κ1) is 82.9. The minimum Gasteiger partial charge on any atom is -0.478 e. The van der Waals surface area contributed by atoms with Gasteiger partial charge in [-0.1, -0.05) is 97.6 Å². The van der Waals surface area contributed by atoms with Crippen LogP contribution in [0.15, 0.2) is 152 Å². The van der Waals surface area contributed by atoms with Gasteiger partial charge in [0.1, 0.15) is 29.8 Å². The van der Waals surface area contributed by atoms with Crippen molar-refractivity contribution in [1.29, 1.82) is 0 Å². The molecule has 518 valence electrons. The van der Waals surface area contributed by atoms with E-state index in [9.17, 15) is 33.6 Å². The van der Waals surface area contributed by atoms with E-state index >= 15 is 0 Å². The van der Waals surface area contributed by atoms with Gasteiger partial charge in [0.25, 0.3) is 0 Å². The van der Waals surface area contributed by atoms with Gasteiger partial charge in [0, 0.05) is 82.4 Å². The van der Waals surface area contributed by atoms with Crippen LogP contribution in [-0.4, -0.2) is 133 Å². The van der Waals surface area contributed by atoms with Crippen molar-refractivity contribution in [1.82, 2.24) is 50.2 Å². The normalized spacial score (nSPS) is 10.9. The summed E-state index contributed by atoms with van der Waals surface area (Å²) in [5.74, 6) is -1.79. The van der Waals surface area contributed by atoms with E-state index in [-0.39, 0.29) is 5.97 Å². The summed E-state index contributed by atoms with van der Waals surface area (Å²) in [7, 11) is 0. The van der Waals surface area contributed by atoms with Crippen LogP contribution < -0.4 is 0 Å². The fourth-order valence-electron chi connectivity index (χ4n) is 7.35. The number of rotatable bonds is 7. The number of fused-ring (bicyclic) bond motifs is 5. The average molecular weight is 1780 g/mol. The van der Waals surface area contributed by atoms with Crippen molar-refractivity contribution in [3.63, 3.8) is 0 Å². The molecule has 0 bridgehead atoms. The maximum absolute atomic E-state index is 12.3. The van der Waals surface area contributed by atoms with E-state index in [2.05, 4.69) is 145 Å². The number of hydrogen-bond acceptors (Lipinski definition) is 19. The zero-order valence-electron chi connectivity index (χ0n) is 55.9. The van der Waals surface area contributed by atoms with Crippen LogP contribution in [0.25, 0.3) is 66.7 Å². The number of halogens is 4. The Morgan fingerprint density at radius 3 is 1.47 bits per heavy atom. The molecule has 0 saturated heterocycles. The Hall–Kier alpha value is -8.32. The third-order valence-corrected chi connectivity index (χ3v) is 12.6. The smallest absolute Gasteiger partial charge is 0.478 e. The van der Waals surface area contributed by atoms with Gasteiger partial charge in [-0.25, -0.2) is 33.6 Å². The molecule has 10 aromatic rings. The zero-order chi connectivity index (χ0) is 72.7. The highest BCUT2D eigenvalue weighted by molar-refractivity contribution is 15.0. The van der Waals surface area contributed by atoms with E-state index in [4.69, 9.17) is 28.8 Å². The Morgan fingerprint density at radius 1 is 0.515 bits per heavy atom. The van der Waals surface area contributed by atoms with Crippen LogP contribution in [0, 0.1) is 7.40 Å². The van der Waals surface area contributed by atoms with Gasteiger partial charge in [-0.05, 0) is 185 Å². The van der Waals surface area contributed by atoms with Gasteiger partial charge in [-0.15, -0.1) is 0 Å². The number of carbonyl (C=O) groups is 7. The standard InChI is InChI=1S/C17H20N2O4.C12H13IN2O2.C10H8N2O2.C10H18O5.C7H5IN2.C7H6N2.C5H8O2.I2/c1-5-22-15(20)11-10-13-12-8-6-7-9-14(12)19(18-13)16(21)23-17(2,3)4;1-12(2,3)17-11(16)15-9-7-5-4-6-8(9)10(13)14-15;13-10(14)6-5-9-7-3-1-2-4-8(7)11-12-9;1-9(2,3)14-7(11)13-8(12)15-10(4,5)6;8-7-5-3-1-2-4-6(5)9-10-7;1-2-4-7-6(3-1)5-8-9-7;1-3-5(6)7-4-2;1-2/h6-11H,5H2,1-4H3;4-7H,1-3H3;1-6H,(H,11,12)(H,13,14);1-6H3;1-4H,(H,9,10);1-5H,(H,8,9);3H,1,4H2,2H3;/b11-10+;;6-5+;;;;;. The number of carboxylic acid groups (broad SMARTS) is 1. The van der Waals surface area contributed by atoms with Gasteiger partial charge in [0.15, 0.2) is 0 Å². The third kappa shape index (κ3) is 30.7. The van der Waals surface area contributed by atoms with Gasteiger partial charge in [0.2, 0.25) is 0 Å². The summed E-state index contributed by atoms with van der Waals surface area (Å²) in [4.78, 5) is 78.1. The largest absolute Gasteiger partial charge is 0.519 e. The zero-order valence-corrected chi connectivity index (χ0v) is 64.6. The Balaban J connectivity index is 0.000000301. The Morgan fingerprint density at radius 2 is 0.969 bits per heavy atom. The fraction of sp³-hybridized carbons (Fsp3) is 0.294. The molecule has 5 aromatic carbocycles. The van der Waals surface area contributed by atoms with Gasteiger partial charge < -0.3 is 38.3 Å². The van der Waals surface area contributed by atoms with Gasteiger partial charge in [0.05, 0.1) is 58.4 Å². The number of benzene rings is 5. The molecular formula is C68H78I4N10O15. The van der Waals surface area contributed by atoms with Crippen LogP contribution in [0.2, 0.25) is 0 Å². The first-order chi connectivity index (χ1) is 45.6. The molecule has 0 radical (unpaired) electrons. The second kappa shape index (κ2) is 40.4. The molecule has 0 saturated carbocycles. The predicted octanol–water partition coefficient (Wildman–Crippen LogP) is 17.6. The van der Waals surface area contributed by atoms with E-state index in [0.29, 0.717) is 30.1 Å². The number of aromatic nitrogens is 10.